The Kier molecular flexibility index (Phi) is 3.98. The summed E-state index contributed by atoms with van der Waals surface area (Å²) in [5, 5.41) is 3.78. The van der Waals surface area contributed by atoms with Gasteiger partial charge in [-0.25, -0.2) is 4.79 Å². The second kappa shape index (κ2) is 5.93. The molecule has 0 spiro atoms. The molecular formula is C17H20N2O3. The van der Waals surface area contributed by atoms with Crippen LogP contribution < -0.4 is 10.9 Å². The zero-order chi connectivity index (χ0) is 15.7. The lowest BCUT2D eigenvalue weighted by molar-refractivity contribution is -0.117. The molecule has 0 bridgehead atoms. The number of carbonyl (C=O) groups is 1. The largest absolute Gasteiger partial charge is 0.423 e. The first-order chi connectivity index (χ1) is 10.5. The molecule has 1 unspecified atom stereocenters. The molecule has 1 fully saturated rings. The summed E-state index contributed by atoms with van der Waals surface area (Å²) in [5.74, 6) is -0.00639. The number of rotatable bonds is 3. The van der Waals surface area contributed by atoms with Crippen molar-refractivity contribution in [2.24, 2.45) is 0 Å². The van der Waals surface area contributed by atoms with E-state index >= 15 is 0 Å². The van der Waals surface area contributed by atoms with Gasteiger partial charge in [-0.3, -0.25) is 4.79 Å². The number of carbonyl (C=O) groups excluding carboxylic acids is 1. The predicted octanol–water partition coefficient (Wildman–Crippen LogP) is 2.52. The molecule has 116 valence electrons. The number of anilines is 1. The molecule has 5 heteroatoms. The maximum absolute atomic E-state index is 12.2. The van der Waals surface area contributed by atoms with E-state index < -0.39 is 0 Å². The molecule has 3 rings (SSSR count). The molecule has 2 heterocycles. The van der Waals surface area contributed by atoms with Crippen molar-refractivity contribution in [1.29, 1.82) is 0 Å². The van der Waals surface area contributed by atoms with Gasteiger partial charge in [0.25, 0.3) is 0 Å². The molecule has 1 amide bonds. The normalized spacial score (nSPS) is 18.7. The van der Waals surface area contributed by atoms with Crippen LogP contribution in [0.5, 0.6) is 0 Å². The van der Waals surface area contributed by atoms with E-state index in [1.54, 1.807) is 6.07 Å². The Labute approximate surface area is 128 Å². The minimum absolute atomic E-state index is 0.00639. The van der Waals surface area contributed by atoms with E-state index in [4.69, 9.17) is 4.42 Å². The molecular weight excluding hydrogens is 280 g/mol. The van der Waals surface area contributed by atoms with Gasteiger partial charge in [-0.15, -0.1) is 0 Å². The number of nitrogens with zero attached hydrogens (tertiary/aromatic N) is 1. The third-order valence-electron chi connectivity index (χ3n) is 4.33. The summed E-state index contributed by atoms with van der Waals surface area (Å²) >= 11 is 0. The van der Waals surface area contributed by atoms with Crippen molar-refractivity contribution < 1.29 is 9.21 Å². The van der Waals surface area contributed by atoms with E-state index in [0.717, 1.165) is 30.3 Å². The van der Waals surface area contributed by atoms with E-state index in [1.165, 1.54) is 6.07 Å². The van der Waals surface area contributed by atoms with Gasteiger partial charge in [0.2, 0.25) is 5.91 Å². The number of amides is 1. The van der Waals surface area contributed by atoms with Crippen LogP contribution >= 0.6 is 0 Å². The average Bonchev–Trinajstić information content (AvgIpc) is 2.83. The fraction of sp³-hybridized carbons (Fsp3) is 0.412. The van der Waals surface area contributed by atoms with Gasteiger partial charge in [0.05, 0.1) is 0 Å². The summed E-state index contributed by atoms with van der Waals surface area (Å²) in [5.41, 5.74) is 1.66. The Morgan fingerprint density at radius 1 is 1.41 bits per heavy atom. The predicted molar refractivity (Wildman–Crippen MR) is 86.1 cm³/mol. The molecule has 1 aliphatic heterocycles. The Morgan fingerprint density at radius 2 is 2.23 bits per heavy atom. The molecule has 1 saturated heterocycles. The van der Waals surface area contributed by atoms with Crippen LogP contribution in [0.15, 0.2) is 33.5 Å². The first kappa shape index (κ1) is 14.8. The van der Waals surface area contributed by atoms with Gasteiger partial charge >= 0.3 is 5.63 Å². The van der Waals surface area contributed by atoms with Gasteiger partial charge in [-0.05, 0) is 51.1 Å². The molecule has 5 nitrogen and oxygen atoms in total. The van der Waals surface area contributed by atoms with Crippen LogP contribution in [0.3, 0.4) is 0 Å². The standard InChI is InChI=1S/C17H20N2O3/c1-11-8-17(21)22-15-9-12(5-6-14(11)15)18-16(20)10-13-4-3-7-19(13)2/h5-6,8-9,13H,3-4,7,10H2,1-2H3,(H,18,20). The highest BCUT2D eigenvalue weighted by Gasteiger charge is 2.23. The van der Waals surface area contributed by atoms with Gasteiger partial charge < -0.3 is 14.6 Å². The number of hydrogen-bond acceptors (Lipinski definition) is 4. The van der Waals surface area contributed by atoms with E-state index in [0.29, 0.717) is 23.7 Å². The summed E-state index contributed by atoms with van der Waals surface area (Å²) in [6, 6.07) is 7.20. The zero-order valence-electron chi connectivity index (χ0n) is 12.9. The summed E-state index contributed by atoms with van der Waals surface area (Å²) < 4.78 is 5.20. The third kappa shape index (κ3) is 3.04. The smallest absolute Gasteiger partial charge is 0.336 e. The highest BCUT2D eigenvalue weighted by atomic mass is 16.4. The molecule has 1 atom stereocenters. The zero-order valence-corrected chi connectivity index (χ0v) is 12.9. The van der Waals surface area contributed by atoms with Crippen LogP contribution in [0, 0.1) is 6.92 Å². The van der Waals surface area contributed by atoms with E-state index in [2.05, 4.69) is 17.3 Å². The lowest BCUT2D eigenvalue weighted by Crippen LogP contribution is -2.29. The number of aryl methyl sites for hydroxylation is 1. The Bertz CT molecular complexity index is 766. The second-order valence-electron chi connectivity index (χ2n) is 5.99. The minimum Gasteiger partial charge on any atom is -0.423 e. The van der Waals surface area contributed by atoms with Crippen molar-refractivity contribution in [3.8, 4) is 0 Å². The second-order valence-corrected chi connectivity index (χ2v) is 5.99. The van der Waals surface area contributed by atoms with Gasteiger partial charge in [0.1, 0.15) is 5.58 Å². The molecule has 2 aromatic rings. The lowest BCUT2D eigenvalue weighted by Gasteiger charge is -2.18. The average molecular weight is 300 g/mol. The highest BCUT2D eigenvalue weighted by Crippen LogP contribution is 2.22. The quantitative estimate of drug-likeness (QED) is 0.885. The van der Waals surface area contributed by atoms with Crippen molar-refractivity contribution in [2.75, 3.05) is 18.9 Å². The van der Waals surface area contributed by atoms with Crippen molar-refractivity contribution in [2.45, 2.75) is 32.2 Å². The molecule has 1 N–H and O–H groups in total. The fourth-order valence-corrected chi connectivity index (χ4v) is 3.07. The maximum Gasteiger partial charge on any atom is 0.336 e. The number of likely N-dealkylation sites (tertiary alicyclic amines) is 1. The Morgan fingerprint density at radius 3 is 2.95 bits per heavy atom. The molecule has 1 aliphatic rings. The summed E-state index contributed by atoms with van der Waals surface area (Å²) in [4.78, 5) is 25.8. The summed E-state index contributed by atoms with van der Waals surface area (Å²) in [6.07, 6.45) is 2.71. The highest BCUT2D eigenvalue weighted by molar-refractivity contribution is 5.93. The molecule has 1 aromatic carbocycles. The van der Waals surface area contributed by atoms with E-state index in [-0.39, 0.29) is 11.5 Å². The van der Waals surface area contributed by atoms with Crippen LogP contribution in [0.1, 0.15) is 24.8 Å². The number of fused-ring (bicyclic) bond motifs is 1. The topological polar surface area (TPSA) is 62.6 Å². The number of nitrogens with one attached hydrogen (secondary N) is 1. The minimum atomic E-state index is -0.374. The van der Waals surface area contributed by atoms with Crippen molar-refractivity contribution >= 4 is 22.6 Å². The Balaban J connectivity index is 1.76. The first-order valence-corrected chi connectivity index (χ1v) is 7.57. The van der Waals surface area contributed by atoms with Gasteiger partial charge in [0, 0.05) is 35.7 Å². The van der Waals surface area contributed by atoms with Crippen LogP contribution in [-0.4, -0.2) is 30.4 Å². The van der Waals surface area contributed by atoms with E-state index in [9.17, 15) is 9.59 Å². The lowest BCUT2D eigenvalue weighted by atomic mass is 10.1. The summed E-state index contributed by atoms with van der Waals surface area (Å²) in [7, 11) is 2.05. The van der Waals surface area contributed by atoms with Crippen LogP contribution in [-0.2, 0) is 4.79 Å². The van der Waals surface area contributed by atoms with Crippen molar-refractivity contribution in [1.82, 2.24) is 4.90 Å². The van der Waals surface area contributed by atoms with Gasteiger partial charge in [0.15, 0.2) is 0 Å². The first-order valence-electron chi connectivity index (χ1n) is 7.57. The van der Waals surface area contributed by atoms with Gasteiger partial charge in [-0.2, -0.15) is 0 Å². The third-order valence-corrected chi connectivity index (χ3v) is 4.33. The fourth-order valence-electron chi connectivity index (χ4n) is 3.07. The van der Waals surface area contributed by atoms with Crippen molar-refractivity contribution in [3.05, 3.63) is 40.2 Å². The van der Waals surface area contributed by atoms with Gasteiger partial charge in [-0.1, -0.05) is 0 Å². The number of hydrogen-bond donors (Lipinski definition) is 1. The molecule has 1 aromatic heterocycles. The van der Waals surface area contributed by atoms with Crippen molar-refractivity contribution in [3.63, 3.8) is 0 Å². The van der Waals surface area contributed by atoms with Crippen LogP contribution in [0.4, 0.5) is 5.69 Å². The Hall–Kier alpha value is -2.14. The van der Waals surface area contributed by atoms with Crippen LogP contribution in [0.25, 0.3) is 11.0 Å². The molecule has 0 radical (unpaired) electrons. The molecule has 0 saturated carbocycles. The molecule has 22 heavy (non-hydrogen) atoms. The molecule has 0 aliphatic carbocycles. The summed E-state index contributed by atoms with van der Waals surface area (Å²) in [6.45, 7) is 2.92. The number of benzene rings is 1. The SMILES string of the molecule is Cc1cc(=O)oc2cc(NC(=O)CC3CCCN3C)ccc12. The van der Waals surface area contributed by atoms with E-state index in [1.807, 2.05) is 19.1 Å². The maximum atomic E-state index is 12.2. The van der Waals surface area contributed by atoms with Crippen LogP contribution in [0.2, 0.25) is 0 Å². The monoisotopic (exact) mass is 300 g/mol.